The lowest BCUT2D eigenvalue weighted by Gasteiger charge is -2.16. The number of rotatable bonds is 8. The van der Waals surface area contributed by atoms with Crippen LogP contribution in [0.5, 0.6) is 0 Å². The van der Waals surface area contributed by atoms with Crippen LogP contribution in [-0.4, -0.2) is 52.5 Å². The van der Waals surface area contributed by atoms with E-state index in [4.69, 9.17) is 10.2 Å². The Kier molecular flexibility index (Phi) is 5.69. The van der Waals surface area contributed by atoms with Crippen molar-refractivity contribution in [2.24, 2.45) is 0 Å². The molecule has 0 spiro atoms. The van der Waals surface area contributed by atoms with Crippen molar-refractivity contribution in [1.82, 2.24) is 4.90 Å². The monoisotopic (exact) mass is 265 g/mol. The number of aliphatic carboxylic acids is 2. The molecule has 0 aliphatic heterocycles. The zero-order chi connectivity index (χ0) is 14.3. The molecule has 6 nitrogen and oxygen atoms in total. The lowest BCUT2D eigenvalue weighted by atomic mass is 10.1. The zero-order valence-electron chi connectivity index (χ0n) is 10.3. The van der Waals surface area contributed by atoms with Gasteiger partial charge in [0.25, 0.3) is 0 Å². The number of nitrogens with zero attached hydrogens (tertiary/aromatic N) is 1. The highest BCUT2D eigenvalue weighted by atomic mass is 16.4. The standard InChI is InChI=1S/C13H15NO5/c15-11(6-10-4-2-1-3-5-10)7-14(8-12(16)17)9-13(18)19/h1-5H,6-9H2,(H,16,17)(H,18,19). The highest BCUT2D eigenvalue weighted by molar-refractivity contribution is 5.84. The fourth-order valence-corrected chi connectivity index (χ4v) is 1.68. The number of hydrogen-bond donors (Lipinski definition) is 2. The number of carbonyl (C=O) groups excluding carboxylic acids is 1. The highest BCUT2D eigenvalue weighted by Crippen LogP contribution is 2.01. The summed E-state index contributed by atoms with van der Waals surface area (Å²) < 4.78 is 0. The molecule has 0 aliphatic rings. The smallest absolute Gasteiger partial charge is 0.317 e. The van der Waals surface area contributed by atoms with Gasteiger partial charge < -0.3 is 10.2 Å². The van der Waals surface area contributed by atoms with Gasteiger partial charge in [-0.1, -0.05) is 30.3 Å². The van der Waals surface area contributed by atoms with E-state index in [1.54, 1.807) is 24.3 Å². The average molecular weight is 265 g/mol. The number of carboxylic acid groups (broad SMARTS) is 2. The molecule has 102 valence electrons. The summed E-state index contributed by atoms with van der Waals surface area (Å²) in [6.45, 7) is -1.12. The lowest BCUT2D eigenvalue weighted by Crippen LogP contribution is -2.38. The van der Waals surface area contributed by atoms with Crippen LogP contribution in [-0.2, 0) is 20.8 Å². The summed E-state index contributed by atoms with van der Waals surface area (Å²) in [6, 6.07) is 9.01. The normalized spacial score (nSPS) is 10.4. The third-order valence-corrected chi connectivity index (χ3v) is 2.36. The Bertz CT molecular complexity index is 441. The second-order valence-corrected chi connectivity index (χ2v) is 4.13. The maximum atomic E-state index is 11.8. The minimum Gasteiger partial charge on any atom is -0.480 e. The molecule has 0 heterocycles. The molecule has 0 aromatic heterocycles. The van der Waals surface area contributed by atoms with Crippen LogP contribution in [0, 0.1) is 0 Å². The van der Waals surface area contributed by atoms with Crippen molar-refractivity contribution in [2.75, 3.05) is 19.6 Å². The summed E-state index contributed by atoms with van der Waals surface area (Å²) >= 11 is 0. The summed E-state index contributed by atoms with van der Waals surface area (Å²) in [6.07, 6.45) is 0.163. The Labute approximate surface area is 110 Å². The first-order valence-electron chi connectivity index (χ1n) is 5.69. The van der Waals surface area contributed by atoms with Gasteiger partial charge in [-0.05, 0) is 5.56 Å². The quantitative estimate of drug-likeness (QED) is 0.700. The summed E-state index contributed by atoms with van der Waals surface area (Å²) in [4.78, 5) is 34.0. The van der Waals surface area contributed by atoms with E-state index in [1.165, 1.54) is 0 Å². The van der Waals surface area contributed by atoms with Gasteiger partial charge in [-0.3, -0.25) is 19.3 Å². The van der Waals surface area contributed by atoms with Crippen molar-refractivity contribution < 1.29 is 24.6 Å². The molecule has 0 saturated heterocycles. The highest BCUT2D eigenvalue weighted by Gasteiger charge is 2.16. The maximum Gasteiger partial charge on any atom is 0.317 e. The van der Waals surface area contributed by atoms with Crippen molar-refractivity contribution in [3.63, 3.8) is 0 Å². The average Bonchev–Trinajstić information content (AvgIpc) is 2.27. The topological polar surface area (TPSA) is 94.9 Å². The van der Waals surface area contributed by atoms with Crippen LogP contribution in [0.2, 0.25) is 0 Å². The summed E-state index contributed by atoms with van der Waals surface area (Å²) in [5, 5.41) is 17.3. The summed E-state index contributed by atoms with van der Waals surface area (Å²) in [5.41, 5.74) is 0.818. The molecule has 2 N–H and O–H groups in total. The first-order valence-corrected chi connectivity index (χ1v) is 5.69. The van der Waals surface area contributed by atoms with E-state index in [0.29, 0.717) is 0 Å². The molecule has 0 fully saturated rings. The summed E-state index contributed by atoms with van der Waals surface area (Å²) in [7, 11) is 0. The zero-order valence-corrected chi connectivity index (χ0v) is 10.3. The minimum absolute atomic E-state index is 0.163. The molecule has 0 atom stereocenters. The molecular formula is C13H15NO5. The molecule has 0 unspecified atom stereocenters. The second kappa shape index (κ2) is 7.27. The first-order chi connectivity index (χ1) is 8.97. The van der Waals surface area contributed by atoms with Crippen LogP contribution < -0.4 is 0 Å². The molecule has 1 aromatic carbocycles. The van der Waals surface area contributed by atoms with E-state index in [2.05, 4.69) is 0 Å². The first kappa shape index (κ1) is 14.8. The SMILES string of the molecule is O=C(O)CN(CC(=O)O)CC(=O)Cc1ccccc1. The molecule has 1 aromatic rings. The third kappa shape index (κ3) is 6.32. The Balaban J connectivity index is 2.55. The fourth-order valence-electron chi connectivity index (χ4n) is 1.68. The van der Waals surface area contributed by atoms with E-state index >= 15 is 0 Å². The van der Waals surface area contributed by atoms with E-state index in [1.807, 2.05) is 6.07 Å². The van der Waals surface area contributed by atoms with Crippen LogP contribution in [0.15, 0.2) is 30.3 Å². The Morgan fingerprint density at radius 2 is 1.42 bits per heavy atom. The van der Waals surface area contributed by atoms with Crippen LogP contribution >= 0.6 is 0 Å². The van der Waals surface area contributed by atoms with Gasteiger partial charge in [0.1, 0.15) is 0 Å². The van der Waals surface area contributed by atoms with Gasteiger partial charge in [-0.15, -0.1) is 0 Å². The molecule has 0 radical (unpaired) electrons. The Morgan fingerprint density at radius 1 is 0.895 bits per heavy atom. The number of hydrogen-bond acceptors (Lipinski definition) is 4. The minimum atomic E-state index is -1.16. The summed E-state index contributed by atoms with van der Waals surface area (Å²) in [5.74, 6) is -2.53. The number of benzene rings is 1. The van der Waals surface area contributed by atoms with Crippen molar-refractivity contribution >= 4 is 17.7 Å². The molecule has 19 heavy (non-hydrogen) atoms. The van der Waals surface area contributed by atoms with E-state index in [9.17, 15) is 14.4 Å². The molecular weight excluding hydrogens is 250 g/mol. The number of carboxylic acids is 2. The molecule has 0 aliphatic carbocycles. The number of Topliss-reactive ketones (excluding diaryl/α,β-unsaturated/α-hetero) is 1. The van der Waals surface area contributed by atoms with Crippen LogP contribution in [0.1, 0.15) is 5.56 Å². The third-order valence-electron chi connectivity index (χ3n) is 2.36. The molecule has 1 rings (SSSR count). The van der Waals surface area contributed by atoms with Crippen molar-refractivity contribution in [1.29, 1.82) is 0 Å². The van der Waals surface area contributed by atoms with Gasteiger partial charge in [0.05, 0.1) is 19.6 Å². The molecule has 6 heteroatoms. The maximum absolute atomic E-state index is 11.8. The van der Waals surface area contributed by atoms with Crippen molar-refractivity contribution in [2.45, 2.75) is 6.42 Å². The van der Waals surface area contributed by atoms with Gasteiger partial charge in [0.2, 0.25) is 0 Å². The van der Waals surface area contributed by atoms with E-state index in [0.717, 1.165) is 10.5 Å². The second-order valence-electron chi connectivity index (χ2n) is 4.13. The van der Waals surface area contributed by atoms with E-state index < -0.39 is 25.0 Å². The lowest BCUT2D eigenvalue weighted by molar-refractivity contribution is -0.142. The fraction of sp³-hybridized carbons (Fsp3) is 0.308. The van der Waals surface area contributed by atoms with Gasteiger partial charge in [-0.2, -0.15) is 0 Å². The number of ketones is 1. The van der Waals surface area contributed by atoms with Gasteiger partial charge in [0, 0.05) is 6.42 Å². The van der Waals surface area contributed by atoms with Gasteiger partial charge in [0.15, 0.2) is 5.78 Å². The van der Waals surface area contributed by atoms with Crippen molar-refractivity contribution in [3.05, 3.63) is 35.9 Å². The largest absolute Gasteiger partial charge is 0.480 e. The molecule has 0 saturated carbocycles. The van der Waals surface area contributed by atoms with Crippen molar-refractivity contribution in [3.8, 4) is 0 Å². The van der Waals surface area contributed by atoms with Crippen LogP contribution in [0.4, 0.5) is 0 Å². The molecule has 0 bridgehead atoms. The molecule has 0 amide bonds. The van der Waals surface area contributed by atoms with Gasteiger partial charge in [-0.25, -0.2) is 0 Å². The van der Waals surface area contributed by atoms with E-state index in [-0.39, 0.29) is 18.7 Å². The number of carbonyl (C=O) groups is 3. The van der Waals surface area contributed by atoms with Crippen LogP contribution in [0.3, 0.4) is 0 Å². The Hall–Kier alpha value is -2.21. The van der Waals surface area contributed by atoms with Crippen LogP contribution in [0.25, 0.3) is 0 Å². The Morgan fingerprint density at radius 3 is 1.89 bits per heavy atom. The predicted octanol–water partition coefficient (Wildman–Crippen LogP) is 0.269. The predicted molar refractivity (Wildman–Crippen MR) is 66.9 cm³/mol. The van der Waals surface area contributed by atoms with Gasteiger partial charge >= 0.3 is 11.9 Å².